The Morgan fingerprint density at radius 1 is 1.07 bits per heavy atom. The molecule has 9 heteroatoms. The number of thiazole rings is 1. The van der Waals surface area contributed by atoms with Crippen molar-refractivity contribution >= 4 is 22.4 Å². The summed E-state index contributed by atoms with van der Waals surface area (Å²) in [5.74, 6) is 1.36. The van der Waals surface area contributed by atoms with Crippen molar-refractivity contribution < 1.29 is 18.6 Å². The van der Waals surface area contributed by atoms with Gasteiger partial charge in [0.1, 0.15) is 5.82 Å². The number of rotatable bonds is 5. The Hall–Kier alpha value is -3.46. The number of halogens is 1. The smallest absolute Gasteiger partial charge is 0.291 e. The topological polar surface area (TPSA) is 75.0 Å². The van der Waals surface area contributed by atoms with Gasteiger partial charge in [0.25, 0.3) is 5.56 Å². The molecule has 2 aromatic carbocycles. The first-order valence-electron chi connectivity index (χ1n) is 8.51. The number of nitrogens with zero attached hydrogens (tertiary/aromatic N) is 3. The molecule has 0 atom stereocenters. The number of aromatic nitrogens is 3. The van der Waals surface area contributed by atoms with Crippen molar-refractivity contribution in [3.8, 4) is 28.6 Å². The van der Waals surface area contributed by atoms with Gasteiger partial charge < -0.3 is 14.2 Å². The molecule has 0 unspecified atom stereocenters. The van der Waals surface area contributed by atoms with E-state index in [4.69, 9.17) is 14.2 Å². The Kier molecular flexibility index (Phi) is 4.89. The van der Waals surface area contributed by atoms with Gasteiger partial charge in [0.05, 0.1) is 25.9 Å². The maximum atomic E-state index is 13.4. The van der Waals surface area contributed by atoms with Crippen molar-refractivity contribution in [3.05, 3.63) is 62.7 Å². The highest BCUT2D eigenvalue weighted by Gasteiger charge is 2.18. The van der Waals surface area contributed by atoms with E-state index < -0.39 is 0 Å². The molecule has 0 saturated carbocycles. The van der Waals surface area contributed by atoms with E-state index in [1.54, 1.807) is 30.3 Å². The van der Waals surface area contributed by atoms with Crippen LogP contribution in [0, 0.1) is 5.82 Å². The van der Waals surface area contributed by atoms with Gasteiger partial charge in [0, 0.05) is 5.56 Å². The van der Waals surface area contributed by atoms with Gasteiger partial charge in [-0.15, -0.1) is 5.10 Å². The van der Waals surface area contributed by atoms with Crippen LogP contribution in [0.1, 0.15) is 5.56 Å². The Bertz CT molecular complexity index is 1290. The van der Waals surface area contributed by atoms with E-state index in [0.717, 1.165) is 0 Å². The second-order valence-electron chi connectivity index (χ2n) is 6.01. The number of hydrogen-bond donors (Lipinski definition) is 0. The average molecular weight is 413 g/mol. The zero-order valence-electron chi connectivity index (χ0n) is 15.8. The summed E-state index contributed by atoms with van der Waals surface area (Å²) in [7, 11) is 4.56. The molecule has 4 rings (SSSR count). The van der Waals surface area contributed by atoms with Gasteiger partial charge in [-0.05, 0) is 35.9 Å². The van der Waals surface area contributed by atoms with Crippen LogP contribution < -0.4 is 24.3 Å². The molecule has 0 fully saturated rings. The van der Waals surface area contributed by atoms with Crippen LogP contribution in [0.25, 0.3) is 22.4 Å². The van der Waals surface area contributed by atoms with Gasteiger partial charge >= 0.3 is 0 Å². The SMILES string of the molecule is COc1cc(-c2nc3s/c(=C/c4cccc(F)c4)c(=O)n3n2)cc(OC)c1OC. The lowest BCUT2D eigenvalue weighted by Gasteiger charge is -2.12. The van der Waals surface area contributed by atoms with E-state index in [9.17, 15) is 9.18 Å². The first kappa shape index (κ1) is 18.9. The fourth-order valence-corrected chi connectivity index (χ4v) is 3.82. The van der Waals surface area contributed by atoms with Crippen molar-refractivity contribution in [1.82, 2.24) is 14.6 Å². The molecule has 148 valence electrons. The van der Waals surface area contributed by atoms with Crippen molar-refractivity contribution in [2.75, 3.05) is 21.3 Å². The third kappa shape index (κ3) is 3.40. The summed E-state index contributed by atoms with van der Waals surface area (Å²) < 4.78 is 31.1. The van der Waals surface area contributed by atoms with Crippen LogP contribution in [0.15, 0.2) is 41.2 Å². The largest absolute Gasteiger partial charge is 0.493 e. The lowest BCUT2D eigenvalue weighted by molar-refractivity contribution is 0.324. The van der Waals surface area contributed by atoms with Crippen molar-refractivity contribution in [2.45, 2.75) is 0 Å². The molecule has 0 N–H and O–H groups in total. The third-order valence-corrected chi connectivity index (χ3v) is 5.21. The maximum absolute atomic E-state index is 13.4. The summed E-state index contributed by atoms with van der Waals surface area (Å²) in [5.41, 5.74) is 0.891. The van der Waals surface area contributed by atoms with Gasteiger partial charge in [-0.2, -0.15) is 9.50 Å². The van der Waals surface area contributed by atoms with Crippen LogP contribution in [-0.4, -0.2) is 35.9 Å². The summed E-state index contributed by atoms with van der Waals surface area (Å²) in [4.78, 5) is 17.6. The van der Waals surface area contributed by atoms with Crippen LogP contribution >= 0.6 is 11.3 Å². The number of ether oxygens (including phenoxy) is 3. The molecular formula is C20H16FN3O4S. The molecule has 0 spiro atoms. The summed E-state index contributed by atoms with van der Waals surface area (Å²) in [5, 5.41) is 4.33. The van der Waals surface area contributed by atoms with E-state index in [1.807, 2.05) is 0 Å². The molecule has 0 aliphatic heterocycles. The molecule has 0 radical (unpaired) electrons. The average Bonchev–Trinajstić information content (AvgIpc) is 3.26. The predicted octanol–water partition coefficient (Wildman–Crippen LogP) is 2.53. The second kappa shape index (κ2) is 7.51. The van der Waals surface area contributed by atoms with E-state index in [0.29, 0.717) is 43.7 Å². The predicted molar refractivity (Wildman–Crippen MR) is 107 cm³/mol. The van der Waals surface area contributed by atoms with Crippen LogP contribution in [0.5, 0.6) is 17.2 Å². The van der Waals surface area contributed by atoms with Crippen LogP contribution in [0.3, 0.4) is 0 Å². The maximum Gasteiger partial charge on any atom is 0.291 e. The Morgan fingerprint density at radius 2 is 1.79 bits per heavy atom. The summed E-state index contributed by atoms with van der Waals surface area (Å²) >= 11 is 1.18. The fourth-order valence-electron chi connectivity index (χ4n) is 2.91. The van der Waals surface area contributed by atoms with E-state index in [2.05, 4.69) is 10.1 Å². The Morgan fingerprint density at radius 3 is 2.38 bits per heavy atom. The van der Waals surface area contributed by atoms with Gasteiger partial charge in [0.2, 0.25) is 10.7 Å². The molecule has 0 saturated heterocycles. The normalized spacial score (nSPS) is 11.8. The molecule has 7 nitrogen and oxygen atoms in total. The van der Waals surface area contributed by atoms with Crippen LogP contribution in [0.4, 0.5) is 4.39 Å². The number of methoxy groups -OCH3 is 3. The standard InChI is InChI=1S/C20H16FN3O4S/c1-26-14-9-12(10-15(27-2)17(14)28-3)18-22-20-24(23-18)19(25)16(29-20)8-11-5-4-6-13(21)7-11/h4-10H,1-3H3/b16-8+. The molecule has 2 aromatic heterocycles. The molecule has 0 aliphatic carbocycles. The van der Waals surface area contributed by atoms with Gasteiger partial charge in [-0.25, -0.2) is 4.39 Å². The van der Waals surface area contributed by atoms with Crippen molar-refractivity contribution in [1.29, 1.82) is 0 Å². The fraction of sp³-hybridized carbons (Fsp3) is 0.150. The van der Waals surface area contributed by atoms with Crippen LogP contribution in [0.2, 0.25) is 0 Å². The third-order valence-electron chi connectivity index (χ3n) is 4.25. The zero-order valence-corrected chi connectivity index (χ0v) is 16.6. The highest BCUT2D eigenvalue weighted by Crippen LogP contribution is 2.40. The summed E-state index contributed by atoms with van der Waals surface area (Å²) in [6.45, 7) is 0. The molecule has 4 aromatic rings. The number of benzene rings is 2. The highest BCUT2D eigenvalue weighted by atomic mass is 32.1. The van der Waals surface area contributed by atoms with E-state index in [1.165, 1.54) is 49.3 Å². The molecule has 29 heavy (non-hydrogen) atoms. The first-order chi connectivity index (χ1) is 14.0. The molecule has 0 amide bonds. The highest BCUT2D eigenvalue weighted by molar-refractivity contribution is 7.15. The lowest BCUT2D eigenvalue weighted by Crippen LogP contribution is -2.23. The first-order valence-corrected chi connectivity index (χ1v) is 9.33. The minimum atomic E-state index is -0.365. The summed E-state index contributed by atoms with van der Waals surface area (Å²) in [6.07, 6.45) is 1.62. The minimum absolute atomic E-state index is 0.319. The molecule has 0 aliphatic rings. The lowest BCUT2D eigenvalue weighted by atomic mass is 10.1. The molecular weight excluding hydrogens is 397 g/mol. The summed E-state index contributed by atoms with van der Waals surface area (Å²) in [6, 6.07) is 9.44. The Labute approximate surface area is 168 Å². The van der Waals surface area contributed by atoms with Crippen LogP contribution in [-0.2, 0) is 0 Å². The Balaban J connectivity index is 1.81. The number of fused-ring (bicyclic) bond motifs is 1. The van der Waals surface area contributed by atoms with Gasteiger partial charge in [-0.3, -0.25) is 4.79 Å². The van der Waals surface area contributed by atoms with Gasteiger partial charge in [-0.1, -0.05) is 23.5 Å². The second-order valence-corrected chi connectivity index (χ2v) is 7.02. The molecule has 0 bridgehead atoms. The van der Waals surface area contributed by atoms with Crippen molar-refractivity contribution in [3.63, 3.8) is 0 Å². The minimum Gasteiger partial charge on any atom is -0.493 e. The van der Waals surface area contributed by atoms with Gasteiger partial charge in [0.15, 0.2) is 17.3 Å². The zero-order chi connectivity index (χ0) is 20.5. The monoisotopic (exact) mass is 413 g/mol. The quantitative estimate of drug-likeness (QED) is 0.501. The van der Waals surface area contributed by atoms with Crippen molar-refractivity contribution in [2.24, 2.45) is 0 Å². The van der Waals surface area contributed by atoms with E-state index >= 15 is 0 Å². The molecule has 2 heterocycles. The number of hydrogen-bond acceptors (Lipinski definition) is 7. The van der Waals surface area contributed by atoms with E-state index in [-0.39, 0.29) is 11.4 Å².